The smallest absolute Gasteiger partial charge is 0.338 e. The Balaban J connectivity index is 2.52. The molecular weight excluding hydrogens is 204 g/mol. The van der Waals surface area contributed by atoms with Crippen molar-refractivity contribution in [3.8, 4) is 0 Å². The van der Waals surface area contributed by atoms with Crippen LogP contribution in [0.25, 0.3) is 0 Å². The Morgan fingerprint density at radius 1 is 1.43 bits per heavy atom. The summed E-state index contributed by atoms with van der Waals surface area (Å²) < 4.78 is 9.65. The molecule has 0 amide bonds. The number of benzene rings is 1. The topological polar surface area (TPSA) is 35.5 Å². The third kappa shape index (κ3) is 3.36. The van der Waals surface area contributed by atoms with E-state index in [2.05, 4.69) is 0 Å². The highest BCUT2D eigenvalue weighted by molar-refractivity contribution is 6.30. The summed E-state index contributed by atoms with van der Waals surface area (Å²) in [7, 11) is 1.55. The van der Waals surface area contributed by atoms with E-state index in [-0.39, 0.29) is 12.6 Å². The number of hydrogen-bond donors (Lipinski definition) is 0. The maximum Gasteiger partial charge on any atom is 0.338 e. The van der Waals surface area contributed by atoms with Crippen molar-refractivity contribution >= 4 is 17.6 Å². The number of carbonyl (C=O) groups excluding carboxylic acids is 1. The van der Waals surface area contributed by atoms with Crippen molar-refractivity contribution in [2.45, 2.75) is 0 Å². The monoisotopic (exact) mass is 214 g/mol. The molecular formula is C10H11ClO3. The summed E-state index contributed by atoms with van der Waals surface area (Å²) in [6.07, 6.45) is 0. The summed E-state index contributed by atoms with van der Waals surface area (Å²) in [4.78, 5) is 11.3. The van der Waals surface area contributed by atoms with Crippen LogP contribution >= 0.6 is 11.6 Å². The van der Waals surface area contributed by atoms with Gasteiger partial charge in [-0.15, -0.1) is 0 Å². The molecule has 0 saturated carbocycles. The predicted octanol–water partition coefficient (Wildman–Crippen LogP) is 2.14. The summed E-state index contributed by atoms with van der Waals surface area (Å²) in [6.45, 7) is 0.647. The van der Waals surface area contributed by atoms with Gasteiger partial charge in [-0.1, -0.05) is 17.7 Å². The van der Waals surface area contributed by atoms with Gasteiger partial charge in [-0.25, -0.2) is 4.79 Å². The Morgan fingerprint density at radius 2 is 2.21 bits per heavy atom. The molecule has 0 saturated heterocycles. The zero-order valence-electron chi connectivity index (χ0n) is 7.83. The van der Waals surface area contributed by atoms with Gasteiger partial charge in [-0.05, 0) is 18.2 Å². The number of rotatable bonds is 4. The van der Waals surface area contributed by atoms with Crippen LogP contribution in [0.5, 0.6) is 0 Å². The van der Waals surface area contributed by atoms with Crippen LogP contribution < -0.4 is 0 Å². The van der Waals surface area contributed by atoms with Crippen molar-refractivity contribution < 1.29 is 14.3 Å². The Kier molecular flexibility index (Phi) is 4.43. The third-order valence-electron chi connectivity index (χ3n) is 1.58. The second-order valence-corrected chi connectivity index (χ2v) is 3.08. The van der Waals surface area contributed by atoms with Crippen LogP contribution in [0.3, 0.4) is 0 Å². The first kappa shape index (κ1) is 11.0. The van der Waals surface area contributed by atoms with Crippen LogP contribution in [0.4, 0.5) is 0 Å². The quantitative estimate of drug-likeness (QED) is 0.569. The van der Waals surface area contributed by atoms with Gasteiger partial charge in [0.1, 0.15) is 6.61 Å². The molecule has 0 aromatic heterocycles. The van der Waals surface area contributed by atoms with E-state index in [1.807, 2.05) is 0 Å². The van der Waals surface area contributed by atoms with Crippen LogP contribution in [0.2, 0.25) is 5.02 Å². The Labute approximate surface area is 87.6 Å². The van der Waals surface area contributed by atoms with Crippen LogP contribution in [0.15, 0.2) is 24.3 Å². The standard InChI is InChI=1S/C10H11ClO3/c1-13-5-6-14-10(12)8-3-2-4-9(11)7-8/h2-4,7H,5-6H2,1H3. The molecule has 0 aliphatic heterocycles. The highest BCUT2D eigenvalue weighted by Crippen LogP contribution is 2.11. The van der Waals surface area contributed by atoms with Crippen molar-refractivity contribution in [3.63, 3.8) is 0 Å². The lowest BCUT2D eigenvalue weighted by molar-refractivity contribution is 0.0388. The van der Waals surface area contributed by atoms with Crippen LogP contribution in [0, 0.1) is 0 Å². The molecule has 3 nitrogen and oxygen atoms in total. The highest BCUT2D eigenvalue weighted by Gasteiger charge is 2.06. The molecule has 0 unspecified atom stereocenters. The second-order valence-electron chi connectivity index (χ2n) is 2.64. The lowest BCUT2D eigenvalue weighted by atomic mass is 10.2. The van der Waals surface area contributed by atoms with Crippen molar-refractivity contribution in [3.05, 3.63) is 34.9 Å². The second kappa shape index (κ2) is 5.62. The number of hydrogen-bond acceptors (Lipinski definition) is 3. The lowest BCUT2D eigenvalue weighted by Crippen LogP contribution is -2.09. The summed E-state index contributed by atoms with van der Waals surface area (Å²) in [5.74, 6) is -0.385. The molecule has 0 atom stereocenters. The van der Waals surface area contributed by atoms with Gasteiger partial charge < -0.3 is 9.47 Å². The van der Waals surface area contributed by atoms with E-state index in [1.54, 1.807) is 31.4 Å². The largest absolute Gasteiger partial charge is 0.460 e. The number of carbonyl (C=O) groups is 1. The van der Waals surface area contributed by atoms with Crippen LogP contribution in [-0.2, 0) is 9.47 Å². The molecule has 0 N–H and O–H groups in total. The number of esters is 1. The lowest BCUT2D eigenvalue weighted by Gasteiger charge is -2.03. The summed E-state index contributed by atoms with van der Waals surface area (Å²) in [6, 6.07) is 6.63. The average molecular weight is 215 g/mol. The maximum atomic E-state index is 11.3. The Bertz CT molecular complexity index is 312. The van der Waals surface area contributed by atoms with E-state index < -0.39 is 0 Å². The molecule has 1 aromatic rings. The summed E-state index contributed by atoms with van der Waals surface area (Å²) in [5, 5.41) is 0.520. The molecule has 0 fully saturated rings. The summed E-state index contributed by atoms with van der Waals surface area (Å²) >= 11 is 5.72. The van der Waals surface area contributed by atoms with E-state index in [9.17, 15) is 4.79 Å². The van der Waals surface area contributed by atoms with Gasteiger partial charge >= 0.3 is 5.97 Å². The fourth-order valence-electron chi connectivity index (χ4n) is 0.916. The van der Waals surface area contributed by atoms with Crippen LogP contribution in [-0.4, -0.2) is 26.3 Å². The van der Waals surface area contributed by atoms with Gasteiger partial charge in [-0.2, -0.15) is 0 Å². The van der Waals surface area contributed by atoms with Crippen molar-refractivity contribution in [2.75, 3.05) is 20.3 Å². The van der Waals surface area contributed by atoms with Gasteiger partial charge in [-0.3, -0.25) is 0 Å². The first-order chi connectivity index (χ1) is 6.74. The van der Waals surface area contributed by atoms with Gasteiger partial charge in [0.25, 0.3) is 0 Å². The molecule has 0 spiro atoms. The fraction of sp³-hybridized carbons (Fsp3) is 0.300. The first-order valence-corrected chi connectivity index (χ1v) is 4.53. The van der Waals surface area contributed by atoms with E-state index in [0.29, 0.717) is 17.2 Å². The number of ether oxygens (including phenoxy) is 2. The van der Waals surface area contributed by atoms with Gasteiger partial charge in [0.15, 0.2) is 0 Å². The minimum absolute atomic E-state index is 0.252. The van der Waals surface area contributed by atoms with Gasteiger partial charge in [0, 0.05) is 12.1 Å². The van der Waals surface area contributed by atoms with Crippen molar-refractivity contribution in [1.29, 1.82) is 0 Å². The minimum atomic E-state index is -0.385. The number of methoxy groups -OCH3 is 1. The molecule has 0 radical (unpaired) electrons. The van der Waals surface area contributed by atoms with E-state index in [1.165, 1.54) is 0 Å². The normalized spacial score (nSPS) is 9.86. The molecule has 0 heterocycles. The molecule has 0 aliphatic carbocycles. The zero-order chi connectivity index (χ0) is 10.4. The number of halogens is 1. The van der Waals surface area contributed by atoms with E-state index in [0.717, 1.165) is 0 Å². The Morgan fingerprint density at radius 3 is 2.86 bits per heavy atom. The molecule has 1 aromatic carbocycles. The fourth-order valence-corrected chi connectivity index (χ4v) is 1.11. The van der Waals surface area contributed by atoms with Crippen molar-refractivity contribution in [2.24, 2.45) is 0 Å². The highest BCUT2D eigenvalue weighted by atomic mass is 35.5. The Hall–Kier alpha value is -1.06. The first-order valence-electron chi connectivity index (χ1n) is 4.15. The van der Waals surface area contributed by atoms with Gasteiger partial charge in [0.05, 0.1) is 12.2 Å². The van der Waals surface area contributed by atoms with Crippen molar-refractivity contribution in [1.82, 2.24) is 0 Å². The van der Waals surface area contributed by atoms with E-state index >= 15 is 0 Å². The molecule has 1 rings (SSSR count). The molecule has 76 valence electrons. The molecule has 4 heteroatoms. The summed E-state index contributed by atoms with van der Waals surface area (Å²) in [5.41, 5.74) is 0.452. The molecule has 0 aliphatic rings. The third-order valence-corrected chi connectivity index (χ3v) is 1.82. The van der Waals surface area contributed by atoms with Gasteiger partial charge in [0.2, 0.25) is 0 Å². The zero-order valence-corrected chi connectivity index (χ0v) is 8.58. The predicted molar refractivity (Wildman–Crippen MR) is 53.6 cm³/mol. The minimum Gasteiger partial charge on any atom is -0.460 e. The van der Waals surface area contributed by atoms with Crippen LogP contribution in [0.1, 0.15) is 10.4 Å². The van der Waals surface area contributed by atoms with E-state index in [4.69, 9.17) is 21.1 Å². The molecule has 0 bridgehead atoms. The SMILES string of the molecule is COCCOC(=O)c1cccc(Cl)c1. The average Bonchev–Trinajstić information content (AvgIpc) is 2.18. The molecule has 14 heavy (non-hydrogen) atoms. The maximum absolute atomic E-state index is 11.3.